The first-order chi connectivity index (χ1) is 9.89. The summed E-state index contributed by atoms with van der Waals surface area (Å²) in [7, 11) is -1.34. The predicted octanol–water partition coefficient (Wildman–Crippen LogP) is 1.43. The lowest BCUT2D eigenvalue weighted by Gasteiger charge is -2.26. The summed E-state index contributed by atoms with van der Waals surface area (Å²) in [5.74, 6) is 0. The third-order valence-electron chi connectivity index (χ3n) is 4.94. The lowest BCUT2D eigenvalue weighted by molar-refractivity contribution is 0.246. The minimum Gasteiger partial charge on any atom is -0.399 e. The fraction of sp³-hybridized carbons (Fsp3) is 0.600. The average molecular weight is 309 g/mol. The molecule has 2 N–H and O–H groups in total. The second-order valence-electron chi connectivity index (χ2n) is 6.23. The first kappa shape index (κ1) is 14.8. The van der Waals surface area contributed by atoms with Crippen LogP contribution in [0.2, 0.25) is 0 Å². The molecule has 6 heteroatoms. The average Bonchev–Trinajstić information content (AvgIpc) is 2.65. The summed E-state index contributed by atoms with van der Waals surface area (Å²) in [5, 5.41) is 0. The van der Waals surface area contributed by atoms with Crippen LogP contribution in [-0.2, 0) is 10.0 Å². The number of anilines is 1. The van der Waals surface area contributed by atoms with E-state index in [2.05, 4.69) is 11.9 Å². The highest BCUT2D eigenvalue weighted by Crippen LogP contribution is 2.31. The molecule has 2 aliphatic rings. The monoisotopic (exact) mass is 309 g/mol. The zero-order valence-corrected chi connectivity index (χ0v) is 13.4. The van der Waals surface area contributed by atoms with Gasteiger partial charge in [-0.05, 0) is 50.9 Å². The summed E-state index contributed by atoms with van der Waals surface area (Å²) in [6, 6.07) is 5.97. The van der Waals surface area contributed by atoms with Crippen LogP contribution in [-0.4, -0.2) is 49.8 Å². The molecule has 2 bridgehead atoms. The SMILES string of the molecule is Cc1ccc(N)cc1S(=O)(=O)N1CCC2CCC(C1)N2C. The molecule has 0 amide bonds. The minimum atomic E-state index is -3.46. The van der Waals surface area contributed by atoms with Gasteiger partial charge in [-0.2, -0.15) is 4.31 Å². The number of hydrogen-bond acceptors (Lipinski definition) is 4. The number of rotatable bonds is 2. The van der Waals surface area contributed by atoms with Gasteiger partial charge < -0.3 is 5.73 Å². The highest BCUT2D eigenvalue weighted by molar-refractivity contribution is 7.89. The van der Waals surface area contributed by atoms with E-state index in [-0.39, 0.29) is 0 Å². The Balaban J connectivity index is 1.93. The highest BCUT2D eigenvalue weighted by atomic mass is 32.2. The molecule has 0 aromatic heterocycles. The minimum absolute atomic E-state index is 0.341. The molecular formula is C15H23N3O2S. The second-order valence-corrected chi connectivity index (χ2v) is 8.13. The molecule has 2 fully saturated rings. The molecule has 1 aromatic rings. The number of hydrogen-bond donors (Lipinski definition) is 1. The van der Waals surface area contributed by atoms with Gasteiger partial charge in [0.1, 0.15) is 0 Å². The zero-order valence-electron chi connectivity index (χ0n) is 12.6. The van der Waals surface area contributed by atoms with Crippen LogP contribution in [0.25, 0.3) is 0 Å². The van der Waals surface area contributed by atoms with E-state index in [1.54, 1.807) is 22.5 Å². The van der Waals surface area contributed by atoms with Crippen LogP contribution in [0, 0.1) is 6.92 Å². The lowest BCUT2D eigenvalue weighted by atomic mass is 10.1. The van der Waals surface area contributed by atoms with Crippen molar-refractivity contribution in [2.24, 2.45) is 0 Å². The van der Waals surface area contributed by atoms with Crippen molar-refractivity contribution in [1.82, 2.24) is 9.21 Å². The van der Waals surface area contributed by atoms with Crippen molar-refractivity contribution in [3.8, 4) is 0 Å². The Hall–Kier alpha value is -1.11. The van der Waals surface area contributed by atoms with Gasteiger partial charge in [0.25, 0.3) is 0 Å². The summed E-state index contributed by atoms with van der Waals surface area (Å²) in [4.78, 5) is 2.70. The maximum absolute atomic E-state index is 12.9. The quantitative estimate of drug-likeness (QED) is 0.839. The summed E-state index contributed by atoms with van der Waals surface area (Å²) in [6.07, 6.45) is 3.18. The van der Waals surface area contributed by atoms with Crippen LogP contribution in [0.1, 0.15) is 24.8 Å². The van der Waals surface area contributed by atoms with Crippen LogP contribution >= 0.6 is 0 Å². The van der Waals surface area contributed by atoms with Gasteiger partial charge in [0.05, 0.1) is 4.90 Å². The molecule has 0 saturated carbocycles. The van der Waals surface area contributed by atoms with E-state index < -0.39 is 10.0 Å². The first-order valence-electron chi connectivity index (χ1n) is 7.48. The lowest BCUT2D eigenvalue weighted by Crippen LogP contribution is -2.39. The van der Waals surface area contributed by atoms with Gasteiger partial charge in [-0.25, -0.2) is 8.42 Å². The molecule has 0 spiro atoms. The number of nitrogens with two attached hydrogens (primary N) is 1. The Morgan fingerprint density at radius 2 is 1.90 bits per heavy atom. The van der Waals surface area contributed by atoms with Crippen molar-refractivity contribution in [3.63, 3.8) is 0 Å². The standard InChI is InChI=1S/C15H23N3O2S/c1-11-3-4-12(16)9-15(11)21(19,20)18-8-7-13-5-6-14(10-18)17(13)2/h3-4,9,13-14H,5-8,10,16H2,1-2H3. The van der Waals surface area contributed by atoms with Crippen LogP contribution in [0.4, 0.5) is 5.69 Å². The van der Waals surface area contributed by atoms with Gasteiger partial charge in [-0.15, -0.1) is 0 Å². The number of likely N-dealkylation sites (N-methyl/N-ethyl adjacent to an activating group) is 1. The Labute approximate surface area is 126 Å². The van der Waals surface area contributed by atoms with E-state index in [4.69, 9.17) is 5.73 Å². The van der Waals surface area contributed by atoms with Crippen molar-refractivity contribution < 1.29 is 8.42 Å². The largest absolute Gasteiger partial charge is 0.399 e. The van der Waals surface area contributed by atoms with Crippen molar-refractivity contribution in [1.29, 1.82) is 0 Å². The van der Waals surface area contributed by atoms with Crippen LogP contribution in [0.3, 0.4) is 0 Å². The van der Waals surface area contributed by atoms with Gasteiger partial charge in [0.2, 0.25) is 10.0 Å². The molecule has 2 atom stereocenters. The van der Waals surface area contributed by atoms with Gasteiger partial charge in [-0.3, -0.25) is 4.90 Å². The summed E-state index contributed by atoms with van der Waals surface area (Å²) in [5.41, 5.74) is 7.03. The topological polar surface area (TPSA) is 66.6 Å². The van der Waals surface area contributed by atoms with Gasteiger partial charge in [0.15, 0.2) is 0 Å². The predicted molar refractivity (Wildman–Crippen MR) is 83.5 cm³/mol. The number of aryl methyl sites for hydroxylation is 1. The first-order valence-corrected chi connectivity index (χ1v) is 8.92. The molecule has 0 radical (unpaired) electrons. The third kappa shape index (κ3) is 2.56. The summed E-state index contributed by atoms with van der Waals surface area (Å²) >= 11 is 0. The fourth-order valence-electron chi connectivity index (χ4n) is 3.53. The normalized spacial score (nSPS) is 27.7. The van der Waals surface area contributed by atoms with Crippen LogP contribution in [0.5, 0.6) is 0 Å². The molecule has 2 saturated heterocycles. The molecule has 21 heavy (non-hydrogen) atoms. The van der Waals surface area contributed by atoms with Crippen LogP contribution < -0.4 is 5.73 Å². The van der Waals surface area contributed by atoms with Crippen molar-refractivity contribution in [3.05, 3.63) is 23.8 Å². The van der Waals surface area contributed by atoms with E-state index >= 15 is 0 Å². The zero-order chi connectivity index (χ0) is 15.2. The summed E-state index contributed by atoms with van der Waals surface area (Å²) < 4.78 is 27.5. The molecular weight excluding hydrogens is 286 g/mol. The van der Waals surface area contributed by atoms with Crippen LogP contribution in [0.15, 0.2) is 23.1 Å². The Morgan fingerprint density at radius 3 is 2.67 bits per heavy atom. The van der Waals surface area contributed by atoms with Gasteiger partial charge >= 0.3 is 0 Å². The number of fused-ring (bicyclic) bond motifs is 2. The van der Waals surface area contributed by atoms with Gasteiger partial charge in [-0.1, -0.05) is 6.07 Å². The number of nitrogen functional groups attached to an aromatic ring is 1. The smallest absolute Gasteiger partial charge is 0.243 e. The Bertz CT molecular complexity index is 644. The molecule has 1 aromatic carbocycles. The molecule has 5 nitrogen and oxygen atoms in total. The van der Waals surface area contributed by atoms with Crippen molar-refractivity contribution in [2.45, 2.75) is 43.2 Å². The number of nitrogens with zero attached hydrogens (tertiary/aromatic N) is 2. The summed E-state index contributed by atoms with van der Waals surface area (Å²) in [6.45, 7) is 3.01. The third-order valence-corrected chi connectivity index (χ3v) is 6.95. The van der Waals surface area contributed by atoms with Crippen molar-refractivity contribution in [2.75, 3.05) is 25.9 Å². The Morgan fingerprint density at radius 1 is 1.19 bits per heavy atom. The second kappa shape index (κ2) is 5.26. The molecule has 3 rings (SSSR count). The number of sulfonamides is 1. The Kier molecular flexibility index (Phi) is 3.71. The van der Waals surface area contributed by atoms with Gasteiger partial charge in [0, 0.05) is 30.9 Å². The maximum Gasteiger partial charge on any atom is 0.243 e. The molecule has 116 valence electrons. The highest BCUT2D eigenvalue weighted by Gasteiger charge is 2.38. The molecule has 2 unspecified atom stereocenters. The van der Waals surface area contributed by atoms with Crippen molar-refractivity contribution >= 4 is 15.7 Å². The van der Waals surface area contributed by atoms with E-state index in [0.717, 1.165) is 18.4 Å². The fourth-order valence-corrected chi connectivity index (χ4v) is 5.28. The van der Waals surface area contributed by atoms with E-state index in [9.17, 15) is 8.42 Å². The maximum atomic E-state index is 12.9. The van der Waals surface area contributed by atoms with E-state index in [1.165, 1.54) is 6.42 Å². The number of benzene rings is 1. The van der Waals surface area contributed by atoms with E-state index in [0.29, 0.717) is 35.8 Å². The molecule has 2 heterocycles. The van der Waals surface area contributed by atoms with E-state index in [1.807, 2.05) is 6.92 Å². The molecule has 2 aliphatic heterocycles. The molecule has 0 aliphatic carbocycles.